The molecule has 2 rings (SSSR count). The first-order chi connectivity index (χ1) is 8.30. The maximum Gasteiger partial charge on any atom is 0.423 e. The zero-order valence-electron chi connectivity index (χ0n) is 9.80. The first kappa shape index (κ1) is 12.5. The van der Waals surface area contributed by atoms with Crippen molar-refractivity contribution in [2.45, 2.75) is 20.0 Å². The number of H-pyrrole nitrogens is 1. The molecule has 0 fully saturated rings. The average Bonchev–Trinajstić information content (AvgIpc) is 2.63. The molecule has 1 heterocycles. The van der Waals surface area contributed by atoms with Crippen molar-refractivity contribution in [3.63, 3.8) is 0 Å². The van der Waals surface area contributed by atoms with Crippen LogP contribution in [0.5, 0.6) is 0 Å². The van der Waals surface area contributed by atoms with Crippen LogP contribution in [0.3, 0.4) is 0 Å². The van der Waals surface area contributed by atoms with Crippen LogP contribution in [0.15, 0.2) is 29.2 Å². The first-order valence-corrected chi connectivity index (χ1v) is 5.26. The van der Waals surface area contributed by atoms with Crippen molar-refractivity contribution in [3.05, 3.63) is 51.4 Å². The molecule has 6 heteroatoms. The second kappa shape index (κ2) is 4.04. The molecular formula is C12H11F3N2O. The van der Waals surface area contributed by atoms with E-state index in [9.17, 15) is 18.0 Å². The lowest BCUT2D eigenvalue weighted by atomic mass is 10.1. The highest BCUT2D eigenvalue weighted by Crippen LogP contribution is 2.26. The molecule has 3 nitrogen and oxygen atoms in total. The number of nitrogens with one attached hydrogen (secondary N) is 1. The smallest absolute Gasteiger partial charge is 0.298 e. The number of alkyl halides is 3. The van der Waals surface area contributed by atoms with Gasteiger partial charge in [-0.15, -0.1) is 0 Å². The van der Waals surface area contributed by atoms with Gasteiger partial charge in [0.25, 0.3) is 5.56 Å². The van der Waals surface area contributed by atoms with Crippen LogP contribution < -0.4 is 5.56 Å². The van der Waals surface area contributed by atoms with Gasteiger partial charge in [0.05, 0.1) is 5.69 Å². The summed E-state index contributed by atoms with van der Waals surface area (Å²) < 4.78 is 38.5. The van der Waals surface area contributed by atoms with Crippen molar-refractivity contribution in [1.29, 1.82) is 0 Å². The number of aromatic nitrogens is 2. The van der Waals surface area contributed by atoms with Crippen molar-refractivity contribution in [2.24, 2.45) is 0 Å². The Morgan fingerprint density at radius 3 is 2.44 bits per heavy atom. The Kier molecular flexibility index (Phi) is 2.80. The Balaban J connectivity index is 2.63. The molecule has 0 saturated heterocycles. The molecular weight excluding hydrogens is 245 g/mol. The number of benzene rings is 1. The lowest BCUT2D eigenvalue weighted by molar-refractivity contribution is -0.138. The van der Waals surface area contributed by atoms with Gasteiger partial charge in [-0.1, -0.05) is 12.1 Å². The lowest BCUT2D eigenvalue weighted by Crippen LogP contribution is -2.23. The van der Waals surface area contributed by atoms with Crippen molar-refractivity contribution in [2.75, 3.05) is 0 Å². The van der Waals surface area contributed by atoms with E-state index in [1.807, 2.05) is 13.0 Å². The summed E-state index contributed by atoms with van der Waals surface area (Å²) in [6.07, 6.45) is -3.96. The summed E-state index contributed by atoms with van der Waals surface area (Å²) in [5, 5.41) is 2.35. The Labute approximate surface area is 101 Å². The minimum absolute atomic E-state index is 0.426. The van der Waals surface area contributed by atoms with E-state index in [1.165, 1.54) is 0 Å². The van der Waals surface area contributed by atoms with Gasteiger partial charge in [0.15, 0.2) is 0 Å². The van der Waals surface area contributed by atoms with E-state index in [0.29, 0.717) is 11.9 Å². The fourth-order valence-electron chi connectivity index (χ4n) is 1.71. The van der Waals surface area contributed by atoms with E-state index in [4.69, 9.17) is 0 Å². The molecule has 0 saturated carbocycles. The summed E-state index contributed by atoms with van der Waals surface area (Å²) in [4.78, 5) is 11.7. The highest BCUT2D eigenvalue weighted by molar-refractivity contribution is 5.42. The van der Waals surface area contributed by atoms with Crippen LogP contribution in [0.1, 0.15) is 16.7 Å². The Hall–Kier alpha value is -1.98. The molecule has 0 atom stereocenters. The van der Waals surface area contributed by atoms with E-state index >= 15 is 0 Å². The summed E-state index contributed by atoms with van der Waals surface area (Å²) in [5.74, 6) is 0. The van der Waals surface area contributed by atoms with E-state index in [1.54, 1.807) is 19.1 Å². The third kappa shape index (κ3) is 2.05. The van der Waals surface area contributed by atoms with E-state index < -0.39 is 17.3 Å². The third-order valence-corrected chi connectivity index (χ3v) is 2.68. The van der Waals surface area contributed by atoms with Crippen LogP contribution in [0.25, 0.3) is 5.69 Å². The predicted octanol–water partition coefficient (Wildman–Crippen LogP) is 2.80. The summed E-state index contributed by atoms with van der Waals surface area (Å²) in [5.41, 5.74) is -0.265. The molecule has 0 aliphatic rings. The molecule has 1 aromatic carbocycles. The fraction of sp³-hybridized carbons (Fsp3) is 0.250. The molecule has 0 bridgehead atoms. The molecule has 0 aliphatic heterocycles. The number of nitrogens with zero attached hydrogens (tertiary/aromatic N) is 1. The molecule has 2 aromatic rings. The van der Waals surface area contributed by atoms with Gasteiger partial charge in [-0.3, -0.25) is 9.89 Å². The van der Waals surface area contributed by atoms with Crippen molar-refractivity contribution in [3.8, 4) is 5.69 Å². The van der Waals surface area contributed by atoms with Gasteiger partial charge < -0.3 is 0 Å². The predicted molar refractivity (Wildman–Crippen MR) is 60.9 cm³/mol. The van der Waals surface area contributed by atoms with Gasteiger partial charge >= 0.3 is 6.18 Å². The highest BCUT2D eigenvalue weighted by atomic mass is 19.4. The van der Waals surface area contributed by atoms with E-state index in [0.717, 1.165) is 15.8 Å². The second-order valence-corrected chi connectivity index (χ2v) is 4.12. The normalized spacial score (nSPS) is 11.8. The zero-order valence-corrected chi connectivity index (χ0v) is 9.80. The Morgan fingerprint density at radius 1 is 1.22 bits per heavy atom. The highest BCUT2D eigenvalue weighted by Gasteiger charge is 2.35. The van der Waals surface area contributed by atoms with Gasteiger partial charge in [0.1, 0.15) is 5.56 Å². The number of hydrogen-bond acceptors (Lipinski definition) is 1. The largest absolute Gasteiger partial charge is 0.423 e. The number of aryl methyl sites for hydroxylation is 2. The molecule has 0 unspecified atom stereocenters. The summed E-state index contributed by atoms with van der Waals surface area (Å²) in [6, 6.07) is 5.25. The molecule has 0 spiro atoms. The van der Waals surface area contributed by atoms with Gasteiger partial charge in [0, 0.05) is 6.20 Å². The van der Waals surface area contributed by atoms with E-state index in [-0.39, 0.29) is 0 Å². The minimum atomic E-state index is -4.64. The van der Waals surface area contributed by atoms with Gasteiger partial charge in [-0.05, 0) is 31.0 Å². The Bertz CT molecular complexity index is 638. The average molecular weight is 256 g/mol. The molecule has 1 aromatic heterocycles. The van der Waals surface area contributed by atoms with Crippen molar-refractivity contribution < 1.29 is 13.2 Å². The van der Waals surface area contributed by atoms with Crippen molar-refractivity contribution in [1.82, 2.24) is 9.78 Å². The molecule has 0 aliphatic carbocycles. The summed E-state index contributed by atoms with van der Waals surface area (Å²) in [6.45, 7) is 3.54. The van der Waals surface area contributed by atoms with Crippen LogP contribution in [0.4, 0.5) is 13.2 Å². The van der Waals surface area contributed by atoms with E-state index in [2.05, 4.69) is 5.10 Å². The molecule has 96 valence electrons. The molecule has 0 radical (unpaired) electrons. The van der Waals surface area contributed by atoms with Crippen molar-refractivity contribution >= 4 is 0 Å². The molecule has 18 heavy (non-hydrogen) atoms. The third-order valence-electron chi connectivity index (χ3n) is 2.68. The zero-order chi connectivity index (χ0) is 13.5. The van der Waals surface area contributed by atoms with Gasteiger partial charge in [0.2, 0.25) is 0 Å². The molecule has 0 amide bonds. The maximum absolute atomic E-state index is 12.5. The SMILES string of the molecule is Cc1ccc(C)c(-n2[nH]cc(C(F)(F)F)c2=O)c1. The number of rotatable bonds is 1. The lowest BCUT2D eigenvalue weighted by Gasteiger charge is -2.07. The van der Waals surface area contributed by atoms with Crippen LogP contribution in [0.2, 0.25) is 0 Å². The fourth-order valence-corrected chi connectivity index (χ4v) is 1.71. The summed E-state index contributed by atoms with van der Waals surface area (Å²) >= 11 is 0. The maximum atomic E-state index is 12.5. The monoisotopic (exact) mass is 256 g/mol. The minimum Gasteiger partial charge on any atom is -0.298 e. The first-order valence-electron chi connectivity index (χ1n) is 5.26. The number of halogens is 3. The summed E-state index contributed by atoms with van der Waals surface area (Å²) in [7, 11) is 0. The Morgan fingerprint density at radius 2 is 1.89 bits per heavy atom. The quantitative estimate of drug-likeness (QED) is 0.837. The van der Waals surface area contributed by atoms with Crippen LogP contribution in [0, 0.1) is 13.8 Å². The molecule has 1 N–H and O–H groups in total. The standard InChI is InChI=1S/C12H11F3N2O/c1-7-3-4-8(2)10(5-7)17-11(18)9(6-16-17)12(13,14)15/h3-6,16H,1-2H3. The number of hydrogen-bond donors (Lipinski definition) is 1. The number of aromatic amines is 1. The second-order valence-electron chi connectivity index (χ2n) is 4.12. The topological polar surface area (TPSA) is 37.8 Å². The van der Waals surface area contributed by atoms with Crippen LogP contribution in [-0.4, -0.2) is 9.78 Å². The van der Waals surface area contributed by atoms with Gasteiger partial charge in [-0.2, -0.15) is 13.2 Å². The van der Waals surface area contributed by atoms with Gasteiger partial charge in [-0.25, -0.2) is 4.68 Å². The van der Waals surface area contributed by atoms with Crippen LogP contribution >= 0.6 is 0 Å². The van der Waals surface area contributed by atoms with Crippen LogP contribution in [-0.2, 0) is 6.18 Å².